The van der Waals surface area contributed by atoms with Gasteiger partial charge in [0.25, 0.3) is 0 Å². The standard InChI is InChI=1S/C15H18N10/c16-12(22-24-14(18)10-5-1-3-7-20-10)9-13(17)23-25-15(19)11-6-2-4-8-21-11/h1-8H,9H2,(H2,16,22)(H2,17,23)(H2,18,24)(H2,19,25). The predicted molar refractivity (Wildman–Crippen MR) is 97.8 cm³/mol. The average Bonchev–Trinajstić information content (AvgIpc) is 2.65. The van der Waals surface area contributed by atoms with Gasteiger partial charge in [0.05, 0.1) is 6.42 Å². The van der Waals surface area contributed by atoms with Crippen molar-refractivity contribution in [2.45, 2.75) is 6.42 Å². The molecule has 0 aliphatic heterocycles. The molecule has 0 amide bonds. The SMILES string of the molecule is N/C(C/C(N)=N/N=C(\N)c1ccccn1)=N\N=C(/N)c1ccccn1. The predicted octanol–water partition coefficient (Wildman–Crippen LogP) is -0.478. The average molecular weight is 338 g/mol. The maximum absolute atomic E-state index is 5.75. The summed E-state index contributed by atoms with van der Waals surface area (Å²) in [6, 6.07) is 10.5. The summed E-state index contributed by atoms with van der Waals surface area (Å²) in [4.78, 5) is 8.09. The molecule has 10 heteroatoms. The molecule has 0 saturated carbocycles. The molecule has 0 radical (unpaired) electrons. The van der Waals surface area contributed by atoms with Gasteiger partial charge in [0, 0.05) is 12.4 Å². The van der Waals surface area contributed by atoms with E-state index in [1.807, 2.05) is 0 Å². The van der Waals surface area contributed by atoms with Gasteiger partial charge < -0.3 is 22.9 Å². The maximum Gasteiger partial charge on any atom is 0.172 e. The Kier molecular flexibility index (Phi) is 6.11. The second-order valence-electron chi connectivity index (χ2n) is 4.76. The van der Waals surface area contributed by atoms with E-state index in [1.54, 1.807) is 48.8 Å². The topological polar surface area (TPSA) is 179 Å². The van der Waals surface area contributed by atoms with Crippen LogP contribution in [-0.2, 0) is 0 Å². The second-order valence-corrected chi connectivity index (χ2v) is 4.76. The Morgan fingerprint density at radius 2 is 1.12 bits per heavy atom. The summed E-state index contributed by atoms with van der Waals surface area (Å²) < 4.78 is 0. The molecule has 0 atom stereocenters. The van der Waals surface area contributed by atoms with Crippen molar-refractivity contribution >= 4 is 23.3 Å². The molecule has 0 aliphatic carbocycles. The molecule has 0 bridgehead atoms. The fourth-order valence-corrected chi connectivity index (χ4v) is 1.62. The van der Waals surface area contributed by atoms with E-state index in [0.717, 1.165) is 0 Å². The highest BCUT2D eigenvalue weighted by Crippen LogP contribution is 1.95. The van der Waals surface area contributed by atoms with Crippen molar-refractivity contribution in [3.05, 3.63) is 60.2 Å². The third-order valence-electron chi connectivity index (χ3n) is 2.79. The molecule has 2 aromatic heterocycles. The molecule has 0 fully saturated rings. The van der Waals surface area contributed by atoms with Crippen LogP contribution in [0, 0.1) is 0 Å². The summed E-state index contributed by atoms with van der Waals surface area (Å²) >= 11 is 0. The number of nitrogens with zero attached hydrogens (tertiary/aromatic N) is 6. The molecular weight excluding hydrogens is 320 g/mol. The van der Waals surface area contributed by atoms with Crippen molar-refractivity contribution in [1.29, 1.82) is 0 Å². The summed E-state index contributed by atoms with van der Waals surface area (Å²) in [6.07, 6.45) is 3.25. The van der Waals surface area contributed by atoms with Gasteiger partial charge in [-0.25, -0.2) is 0 Å². The first-order valence-corrected chi connectivity index (χ1v) is 7.20. The fraction of sp³-hybridized carbons (Fsp3) is 0.0667. The van der Waals surface area contributed by atoms with Crippen LogP contribution < -0.4 is 22.9 Å². The van der Waals surface area contributed by atoms with Crippen molar-refractivity contribution in [2.24, 2.45) is 43.3 Å². The van der Waals surface area contributed by atoms with Crippen molar-refractivity contribution in [3.8, 4) is 0 Å². The van der Waals surface area contributed by atoms with Crippen LogP contribution in [-0.4, -0.2) is 33.3 Å². The Labute approximate surface area is 144 Å². The highest BCUT2D eigenvalue weighted by atomic mass is 15.3. The third kappa shape index (κ3) is 5.71. The highest BCUT2D eigenvalue weighted by molar-refractivity contribution is 6.02. The monoisotopic (exact) mass is 338 g/mol. The van der Waals surface area contributed by atoms with Crippen molar-refractivity contribution in [2.75, 3.05) is 0 Å². The number of nitrogens with two attached hydrogens (primary N) is 4. The number of hydrogen-bond acceptors (Lipinski definition) is 6. The molecule has 0 saturated heterocycles. The van der Waals surface area contributed by atoms with Crippen LogP contribution in [0.25, 0.3) is 0 Å². The van der Waals surface area contributed by atoms with Crippen LogP contribution in [0.3, 0.4) is 0 Å². The van der Waals surface area contributed by atoms with E-state index < -0.39 is 0 Å². The fourth-order valence-electron chi connectivity index (χ4n) is 1.62. The number of amidine groups is 4. The van der Waals surface area contributed by atoms with E-state index in [9.17, 15) is 0 Å². The lowest BCUT2D eigenvalue weighted by Gasteiger charge is -1.99. The first-order chi connectivity index (χ1) is 12.1. The van der Waals surface area contributed by atoms with Crippen LogP contribution in [0.15, 0.2) is 69.2 Å². The summed E-state index contributed by atoms with van der Waals surface area (Å²) in [5, 5.41) is 15.2. The van der Waals surface area contributed by atoms with Gasteiger partial charge in [-0.05, 0) is 24.3 Å². The zero-order valence-corrected chi connectivity index (χ0v) is 13.3. The Morgan fingerprint density at radius 1 is 0.680 bits per heavy atom. The Bertz CT molecular complexity index is 739. The lowest BCUT2D eigenvalue weighted by molar-refractivity contribution is 1.14. The highest BCUT2D eigenvalue weighted by Gasteiger charge is 2.01. The third-order valence-corrected chi connectivity index (χ3v) is 2.79. The normalized spacial score (nSPS) is 13.8. The molecule has 2 rings (SSSR count). The Morgan fingerprint density at radius 3 is 1.48 bits per heavy atom. The molecule has 25 heavy (non-hydrogen) atoms. The molecule has 8 N–H and O–H groups in total. The number of hydrogen-bond donors (Lipinski definition) is 4. The lowest BCUT2D eigenvalue weighted by Crippen LogP contribution is -2.23. The van der Waals surface area contributed by atoms with Gasteiger partial charge in [0.2, 0.25) is 0 Å². The first kappa shape index (κ1) is 17.5. The van der Waals surface area contributed by atoms with Crippen LogP contribution in [0.1, 0.15) is 17.8 Å². The van der Waals surface area contributed by atoms with E-state index in [-0.39, 0.29) is 29.8 Å². The molecular formula is C15H18N10. The van der Waals surface area contributed by atoms with E-state index in [0.29, 0.717) is 11.4 Å². The summed E-state index contributed by atoms with van der Waals surface area (Å²) in [6.45, 7) is 0. The smallest absolute Gasteiger partial charge is 0.172 e. The Hall–Kier alpha value is -3.82. The minimum atomic E-state index is 0.0536. The molecule has 0 aromatic carbocycles. The van der Waals surface area contributed by atoms with Crippen LogP contribution in [0.4, 0.5) is 0 Å². The van der Waals surface area contributed by atoms with Crippen LogP contribution in [0.2, 0.25) is 0 Å². The molecule has 10 nitrogen and oxygen atoms in total. The van der Waals surface area contributed by atoms with E-state index in [4.69, 9.17) is 22.9 Å². The quantitative estimate of drug-likeness (QED) is 0.313. The van der Waals surface area contributed by atoms with Crippen molar-refractivity contribution < 1.29 is 0 Å². The maximum atomic E-state index is 5.75. The molecule has 0 unspecified atom stereocenters. The van der Waals surface area contributed by atoms with Crippen molar-refractivity contribution in [3.63, 3.8) is 0 Å². The van der Waals surface area contributed by atoms with Gasteiger partial charge in [-0.3, -0.25) is 9.97 Å². The number of pyridine rings is 2. The van der Waals surface area contributed by atoms with Crippen LogP contribution in [0.5, 0.6) is 0 Å². The van der Waals surface area contributed by atoms with E-state index >= 15 is 0 Å². The molecule has 0 spiro atoms. The minimum Gasteiger partial charge on any atom is -0.385 e. The Balaban J connectivity index is 2.00. The number of rotatable bonds is 6. The first-order valence-electron chi connectivity index (χ1n) is 7.20. The molecule has 2 heterocycles. The summed E-state index contributed by atoms with van der Waals surface area (Å²) in [7, 11) is 0. The van der Waals surface area contributed by atoms with Gasteiger partial charge in [0.15, 0.2) is 11.7 Å². The molecule has 0 aliphatic rings. The van der Waals surface area contributed by atoms with Gasteiger partial charge in [0.1, 0.15) is 23.1 Å². The summed E-state index contributed by atoms with van der Waals surface area (Å²) in [5.41, 5.74) is 24.0. The minimum absolute atomic E-state index is 0.0536. The van der Waals surface area contributed by atoms with Crippen LogP contribution >= 0.6 is 0 Å². The van der Waals surface area contributed by atoms with Crippen molar-refractivity contribution in [1.82, 2.24) is 9.97 Å². The lowest BCUT2D eigenvalue weighted by atomic mass is 10.3. The van der Waals surface area contributed by atoms with Gasteiger partial charge in [-0.15, -0.1) is 20.4 Å². The largest absolute Gasteiger partial charge is 0.385 e. The van der Waals surface area contributed by atoms with Gasteiger partial charge >= 0.3 is 0 Å². The second kappa shape index (κ2) is 8.72. The van der Waals surface area contributed by atoms with E-state index in [2.05, 4.69) is 30.4 Å². The molecule has 128 valence electrons. The van der Waals surface area contributed by atoms with E-state index in [1.165, 1.54) is 0 Å². The zero-order valence-electron chi connectivity index (χ0n) is 13.3. The number of aromatic nitrogens is 2. The van der Waals surface area contributed by atoms with Gasteiger partial charge in [-0.1, -0.05) is 12.1 Å². The van der Waals surface area contributed by atoms with Gasteiger partial charge in [-0.2, -0.15) is 0 Å². The summed E-state index contributed by atoms with van der Waals surface area (Å²) in [5.74, 6) is 0.506. The zero-order chi connectivity index (χ0) is 18.1. The molecule has 2 aromatic rings.